The van der Waals surface area contributed by atoms with Crippen LogP contribution in [0.15, 0.2) is 47.4 Å². The van der Waals surface area contributed by atoms with Gasteiger partial charge >= 0.3 is 0 Å². The molecule has 2 aliphatic rings. The Labute approximate surface area is 179 Å². The number of benzene rings is 2. The van der Waals surface area contributed by atoms with Crippen molar-refractivity contribution in [2.24, 2.45) is 5.92 Å². The first-order valence-corrected chi connectivity index (χ1v) is 12.1. The average Bonchev–Trinajstić information content (AvgIpc) is 2.79. The van der Waals surface area contributed by atoms with E-state index in [0.29, 0.717) is 17.2 Å². The summed E-state index contributed by atoms with van der Waals surface area (Å²) in [7, 11) is -0.266. The summed E-state index contributed by atoms with van der Waals surface area (Å²) >= 11 is 0. The maximum atomic E-state index is 13.8. The molecular weight excluding hydrogens is 400 g/mol. The van der Waals surface area contributed by atoms with Crippen molar-refractivity contribution in [3.05, 3.63) is 53.6 Å². The normalized spacial score (nSPS) is 19.1. The quantitative estimate of drug-likeness (QED) is 0.760. The van der Waals surface area contributed by atoms with E-state index in [0.717, 1.165) is 44.6 Å². The highest BCUT2D eigenvalue weighted by Crippen LogP contribution is 2.34. The Morgan fingerprint density at radius 2 is 1.63 bits per heavy atom. The molecule has 0 spiro atoms. The first-order valence-electron chi connectivity index (χ1n) is 10.5. The largest absolute Gasteiger partial charge is 0.497 e. The third kappa shape index (κ3) is 4.19. The minimum Gasteiger partial charge on any atom is -0.497 e. The lowest BCUT2D eigenvalue weighted by Gasteiger charge is -2.40. The smallest absolute Gasteiger partial charge is 0.194 e. The van der Waals surface area contributed by atoms with Crippen LogP contribution in [0.2, 0.25) is 0 Å². The van der Waals surface area contributed by atoms with Gasteiger partial charge in [0.2, 0.25) is 0 Å². The van der Waals surface area contributed by atoms with Gasteiger partial charge in [0.05, 0.1) is 19.1 Å². The molecule has 0 saturated carbocycles. The molecule has 2 heterocycles. The topological polar surface area (TPSA) is 67.9 Å². The molecule has 2 aromatic carbocycles. The van der Waals surface area contributed by atoms with Crippen LogP contribution in [0.25, 0.3) is 0 Å². The summed E-state index contributed by atoms with van der Waals surface area (Å²) in [6.07, 6.45) is 2.56. The Morgan fingerprint density at radius 1 is 0.967 bits per heavy atom. The van der Waals surface area contributed by atoms with Crippen LogP contribution in [0.5, 0.6) is 11.5 Å². The van der Waals surface area contributed by atoms with Gasteiger partial charge in [-0.2, -0.15) is 0 Å². The molecule has 0 aromatic heterocycles. The van der Waals surface area contributed by atoms with E-state index < -0.39 is 15.2 Å². The summed E-state index contributed by atoms with van der Waals surface area (Å²) in [6, 6.07) is 12.9. The van der Waals surface area contributed by atoms with E-state index in [4.69, 9.17) is 9.47 Å². The van der Waals surface area contributed by atoms with Gasteiger partial charge in [-0.25, -0.2) is 8.42 Å². The summed E-state index contributed by atoms with van der Waals surface area (Å²) in [5.41, 5.74) is 2.43. The molecule has 1 N–H and O–H groups in total. The maximum absolute atomic E-state index is 13.8. The predicted molar refractivity (Wildman–Crippen MR) is 117 cm³/mol. The fourth-order valence-electron chi connectivity index (χ4n) is 4.68. The van der Waals surface area contributed by atoms with Crippen molar-refractivity contribution in [2.45, 2.75) is 36.1 Å². The predicted octanol–water partition coefficient (Wildman–Crippen LogP) is 2.86. The Kier molecular flexibility index (Phi) is 6.32. The summed E-state index contributed by atoms with van der Waals surface area (Å²) in [4.78, 5) is 2.54. The van der Waals surface area contributed by atoms with Crippen LogP contribution in [0.4, 0.5) is 0 Å². The second-order valence-corrected chi connectivity index (χ2v) is 10.1. The second-order valence-electron chi connectivity index (χ2n) is 8.05. The van der Waals surface area contributed by atoms with E-state index in [9.17, 15) is 8.42 Å². The summed E-state index contributed by atoms with van der Waals surface area (Å²) in [5, 5.41) is 2.84. The lowest BCUT2D eigenvalue weighted by atomic mass is 9.94. The zero-order valence-electron chi connectivity index (χ0n) is 17.6. The van der Waals surface area contributed by atoms with Gasteiger partial charge in [0.25, 0.3) is 0 Å². The fourth-order valence-corrected chi connectivity index (χ4v) is 6.82. The van der Waals surface area contributed by atoms with Gasteiger partial charge < -0.3 is 14.8 Å². The Balaban J connectivity index is 1.67. The van der Waals surface area contributed by atoms with Gasteiger partial charge in [0.1, 0.15) is 16.9 Å². The van der Waals surface area contributed by atoms with Gasteiger partial charge in [-0.15, -0.1) is 0 Å². The van der Waals surface area contributed by atoms with Crippen molar-refractivity contribution in [3.63, 3.8) is 0 Å². The zero-order chi connectivity index (χ0) is 21.1. The molecule has 0 radical (unpaired) electrons. The van der Waals surface area contributed by atoms with Crippen molar-refractivity contribution >= 4 is 9.84 Å². The number of nitrogens with zero attached hydrogens (tertiary/aromatic N) is 1. The Morgan fingerprint density at radius 3 is 2.30 bits per heavy atom. The van der Waals surface area contributed by atoms with Crippen molar-refractivity contribution < 1.29 is 17.9 Å². The van der Waals surface area contributed by atoms with Gasteiger partial charge in [-0.3, -0.25) is 4.90 Å². The first-order chi connectivity index (χ1) is 14.5. The van der Waals surface area contributed by atoms with E-state index in [2.05, 4.69) is 22.3 Å². The summed E-state index contributed by atoms with van der Waals surface area (Å²) < 4.78 is 38.2. The third-order valence-corrected chi connectivity index (χ3v) is 8.56. The van der Waals surface area contributed by atoms with E-state index in [-0.39, 0.29) is 5.92 Å². The number of fused-ring (bicyclic) bond motifs is 1. The zero-order valence-corrected chi connectivity index (χ0v) is 18.5. The first kappa shape index (κ1) is 21.2. The van der Waals surface area contributed by atoms with Crippen LogP contribution in [0.3, 0.4) is 0 Å². The van der Waals surface area contributed by atoms with Crippen LogP contribution in [-0.2, 0) is 22.8 Å². The standard InChI is InChI=1S/C23H30N2O4S/c1-28-20-5-7-22(8-6-20)30(26,27)23(17-9-12-24-13-10-17)25-14-11-18-15-21(29-2)4-3-19(18)16-25/h3-8,15,17,23-24H,9-14,16H2,1-2H3. The number of hydrogen-bond donors (Lipinski definition) is 1. The molecule has 0 amide bonds. The highest BCUT2D eigenvalue weighted by atomic mass is 32.2. The molecule has 0 aliphatic carbocycles. The molecule has 1 fully saturated rings. The molecule has 30 heavy (non-hydrogen) atoms. The second kappa shape index (κ2) is 8.96. The molecule has 7 heteroatoms. The number of methoxy groups -OCH3 is 2. The highest BCUT2D eigenvalue weighted by molar-refractivity contribution is 7.92. The Bertz CT molecular complexity index is 969. The van der Waals surface area contributed by atoms with Crippen LogP contribution >= 0.6 is 0 Å². The molecule has 2 aromatic rings. The molecule has 4 rings (SSSR count). The molecule has 6 nitrogen and oxygen atoms in total. The number of nitrogens with one attached hydrogen (secondary N) is 1. The van der Waals surface area contributed by atoms with Gasteiger partial charge in [-0.05, 0) is 85.8 Å². The van der Waals surface area contributed by atoms with E-state index in [1.165, 1.54) is 11.1 Å². The minimum atomic E-state index is -3.52. The third-order valence-electron chi connectivity index (χ3n) is 6.31. The number of sulfone groups is 1. The highest BCUT2D eigenvalue weighted by Gasteiger charge is 2.40. The van der Waals surface area contributed by atoms with E-state index in [1.54, 1.807) is 38.5 Å². The van der Waals surface area contributed by atoms with E-state index >= 15 is 0 Å². The van der Waals surface area contributed by atoms with Crippen LogP contribution in [0.1, 0.15) is 24.0 Å². The molecule has 0 bridgehead atoms. The summed E-state index contributed by atoms with van der Waals surface area (Å²) in [6.45, 7) is 3.09. The summed E-state index contributed by atoms with van der Waals surface area (Å²) in [5.74, 6) is 1.62. The van der Waals surface area contributed by atoms with Crippen molar-refractivity contribution in [3.8, 4) is 11.5 Å². The van der Waals surface area contributed by atoms with Crippen molar-refractivity contribution in [2.75, 3.05) is 33.9 Å². The maximum Gasteiger partial charge on any atom is 0.194 e. The monoisotopic (exact) mass is 430 g/mol. The number of ether oxygens (including phenoxy) is 2. The lowest BCUT2D eigenvalue weighted by molar-refractivity contribution is 0.159. The SMILES string of the molecule is COc1ccc(S(=O)(=O)C(C2CCNCC2)N2CCc3cc(OC)ccc3C2)cc1. The van der Waals surface area contributed by atoms with Crippen LogP contribution in [0, 0.1) is 5.92 Å². The van der Waals surface area contributed by atoms with Crippen LogP contribution < -0.4 is 14.8 Å². The minimum absolute atomic E-state index is 0.109. The van der Waals surface area contributed by atoms with Crippen LogP contribution in [-0.4, -0.2) is 52.5 Å². The molecular formula is C23H30N2O4S. The van der Waals surface area contributed by atoms with Gasteiger partial charge in [0.15, 0.2) is 9.84 Å². The lowest BCUT2D eigenvalue weighted by Crippen LogP contribution is -2.50. The van der Waals surface area contributed by atoms with E-state index in [1.807, 2.05) is 6.07 Å². The molecule has 162 valence electrons. The van der Waals surface area contributed by atoms with Gasteiger partial charge in [-0.1, -0.05) is 6.07 Å². The van der Waals surface area contributed by atoms with Gasteiger partial charge in [0, 0.05) is 13.1 Å². The van der Waals surface area contributed by atoms with Crippen molar-refractivity contribution in [1.29, 1.82) is 0 Å². The molecule has 1 unspecified atom stereocenters. The number of piperidine rings is 1. The number of hydrogen-bond acceptors (Lipinski definition) is 6. The molecule has 1 saturated heterocycles. The molecule has 2 aliphatic heterocycles. The fraction of sp³-hybridized carbons (Fsp3) is 0.478. The van der Waals surface area contributed by atoms with Crippen molar-refractivity contribution in [1.82, 2.24) is 10.2 Å². The molecule has 1 atom stereocenters. The number of rotatable bonds is 6. The Hall–Kier alpha value is -2.09. The average molecular weight is 431 g/mol.